The van der Waals surface area contributed by atoms with E-state index in [1.807, 2.05) is 24.3 Å². The fraction of sp³-hybridized carbons (Fsp3) is 0.316. The van der Waals surface area contributed by atoms with Gasteiger partial charge in [0.25, 0.3) is 0 Å². The first-order valence-corrected chi connectivity index (χ1v) is 8.36. The average molecular weight is 327 g/mol. The van der Waals surface area contributed by atoms with E-state index in [2.05, 4.69) is 15.5 Å². The average Bonchev–Trinajstić information content (AvgIpc) is 2.62. The number of hydrogen-bond acceptors (Lipinski definition) is 2. The summed E-state index contributed by atoms with van der Waals surface area (Å²) in [5.41, 5.74) is 2.29. The van der Waals surface area contributed by atoms with Crippen LogP contribution in [0.2, 0.25) is 0 Å². The molecular formula is C19H22FN3O. The van der Waals surface area contributed by atoms with Crippen molar-refractivity contribution in [2.24, 2.45) is 0 Å². The first kappa shape index (κ1) is 16.3. The molecule has 24 heavy (non-hydrogen) atoms. The molecule has 0 radical (unpaired) electrons. The molecule has 5 heteroatoms. The number of carbonyl (C=O) groups excluding carboxylic acids is 1. The molecule has 4 nitrogen and oxygen atoms in total. The summed E-state index contributed by atoms with van der Waals surface area (Å²) < 4.78 is 13.6. The number of amides is 2. The predicted molar refractivity (Wildman–Crippen MR) is 94.8 cm³/mol. The minimum Gasteiger partial charge on any atom is -0.370 e. The number of nitrogens with one attached hydrogen (secondary N) is 2. The van der Waals surface area contributed by atoms with E-state index in [0.717, 1.165) is 24.5 Å². The number of rotatable bonds is 4. The Bertz CT molecular complexity index is 699. The van der Waals surface area contributed by atoms with Crippen LogP contribution in [0.25, 0.3) is 0 Å². The van der Waals surface area contributed by atoms with E-state index in [1.54, 1.807) is 18.2 Å². The predicted octanol–water partition coefficient (Wildman–Crippen LogP) is 4.14. The van der Waals surface area contributed by atoms with Gasteiger partial charge in [-0.15, -0.1) is 0 Å². The number of piperidine rings is 1. The molecular weight excluding hydrogens is 305 g/mol. The monoisotopic (exact) mass is 327 g/mol. The molecule has 0 aromatic heterocycles. The summed E-state index contributed by atoms with van der Waals surface area (Å²) in [6.07, 6.45) is 3.61. The van der Waals surface area contributed by atoms with Crippen LogP contribution in [0.1, 0.15) is 24.8 Å². The molecule has 126 valence electrons. The molecule has 0 atom stereocenters. The second-order valence-electron chi connectivity index (χ2n) is 5.96. The highest BCUT2D eigenvalue weighted by molar-refractivity contribution is 5.93. The van der Waals surface area contributed by atoms with Crippen molar-refractivity contribution >= 4 is 17.4 Å². The number of hydrogen-bond donors (Lipinski definition) is 2. The summed E-state index contributed by atoms with van der Waals surface area (Å²) >= 11 is 0. The van der Waals surface area contributed by atoms with Crippen molar-refractivity contribution in [1.29, 1.82) is 0 Å². The van der Waals surface area contributed by atoms with Crippen molar-refractivity contribution in [3.05, 3.63) is 59.9 Å². The third kappa shape index (κ3) is 4.04. The minimum atomic E-state index is -0.331. The van der Waals surface area contributed by atoms with Crippen LogP contribution in [0.15, 0.2) is 48.5 Å². The Morgan fingerprint density at radius 3 is 2.50 bits per heavy atom. The Morgan fingerprint density at radius 1 is 1.00 bits per heavy atom. The Balaban J connectivity index is 1.63. The quantitative estimate of drug-likeness (QED) is 0.886. The SMILES string of the molecule is O=C(NCc1ccccc1F)Nc1ccccc1N1CCCCC1. The zero-order valence-electron chi connectivity index (χ0n) is 13.6. The highest BCUT2D eigenvalue weighted by atomic mass is 19.1. The molecule has 0 spiro atoms. The maximum Gasteiger partial charge on any atom is 0.319 e. The molecule has 2 N–H and O–H groups in total. The first-order chi connectivity index (χ1) is 11.7. The van der Waals surface area contributed by atoms with Gasteiger partial charge >= 0.3 is 6.03 Å². The Labute approximate surface area is 141 Å². The Kier molecular flexibility index (Phi) is 5.31. The van der Waals surface area contributed by atoms with Crippen LogP contribution in [0.3, 0.4) is 0 Å². The van der Waals surface area contributed by atoms with Gasteiger partial charge in [0.1, 0.15) is 5.82 Å². The van der Waals surface area contributed by atoms with E-state index in [0.29, 0.717) is 5.56 Å². The van der Waals surface area contributed by atoms with Gasteiger partial charge in [-0.05, 0) is 37.5 Å². The lowest BCUT2D eigenvalue weighted by Gasteiger charge is -2.30. The first-order valence-electron chi connectivity index (χ1n) is 8.36. The van der Waals surface area contributed by atoms with Gasteiger partial charge in [-0.2, -0.15) is 0 Å². The molecule has 0 unspecified atom stereocenters. The van der Waals surface area contributed by atoms with Gasteiger partial charge in [-0.1, -0.05) is 30.3 Å². The number of nitrogens with zero attached hydrogens (tertiary/aromatic N) is 1. The Morgan fingerprint density at radius 2 is 1.71 bits per heavy atom. The fourth-order valence-corrected chi connectivity index (χ4v) is 2.97. The second-order valence-corrected chi connectivity index (χ2v) is 5.96. The lowest BCUT2D eigenvalue weighted by atomic mass is 10.1. The molecule has 1 heterocycles. The molecule has 2 amide bonds. The smallest absolute Gasteiger partial charge is 0.319 e. The van der Waals surface area contributed by atoms with Crippen molar-refractivity contribution in [3.8, 4) is 0 Å². The van der Waals surface area contributed by atoms with Gasteiger partial charge in [0.05, 0.1) is 11.4 Å². The third-order valence-corrected chi connectivity index (χ3v) is 4.25. The highest BCUT2D eigenvalue weighted by Crippen LogP contribution is 2.28. The van der Waals surface area contributed by atoms with Crippen LogP contribution >= 0.6 is 0 Å². The molecule has 0 aliphatic carbocycles. The third-order valence-electron chi connectivity index (χ3n) is 4.25. The molecule has 0 saturated carbocycles. The van der Waals surface area contributed by atoms with Crippen molar-refractivity contribution in [3.63, 3.8) is 0 Å². The maximum atomic E-state index is 13.6. The number of halogens is 1. The summed E-state index contributed by atoms with van der Waals surface area (Å²) in [7, 11) is 0. The zero-order valence-corrected chi connectivity index (χ0v) is 13.6. The summed E-state index contributed by atoms with van der Waals surface area (Å²) in [5, 5.41) is 5.59. The van der Waals surface area contributed by atoms with Gasteiger partial charge in [0.2, 0.25) is 0 Å². The van der Waals surface area contributed by atoms with Gasteiger partial charge < -0.3 is 15.5 Å². The second kappa shape index (κ2) is 7.81. The van der Waals surface area contributed by atoms with Crippen LogP contribution in [0.5, 0.6) is 0 Å². The molecule has 1 aliphatic rings. The molecule has 2 aromatic carbocycles. The number of para-hydroxylation sites is 2. The normalized spacial score (nSPS) is 14.3. The molecule has 3 rings (SSSR count). The van der Waals surface area contributed by atoms with Crippen LogP contribution in [0, 0.1) is 5.82 Å². The summed E-state index contributed by atoms with van der Waals surface area (Å²) in [6, 6.07) is 13.9. The van der Waals surface area contributed by atoms with Crippen molar-refractivity contribution in [2.75, 3.05) is 23.3 Å². The van der Waals surface area contributed by atoms with E-state index >= 15 is 0 Å². The number of benzene rings is 2. The van der Waals surface area contributed by atoms with Gasteiger partial charge in [-0.25, -0.2) is 9.18 Å². The van der Waals surface area contributed by atoms with E-state index in [-0.39, 0.29) is 18.4 Å². The van der Waals surface area contributed by atoms with Crippen molar-refractivity contribution in [2.45, 2.75) is 25.8 Å². The van der Waals surface area contributed by atoms with E-state index in [4.69, 9.17) is 0 Å². The van der Waals surface area contributed by atoms with Gasteiger partial charge in [0, 0.05) is 25.2 Å². The lowest BCUT2D eigenvalue weighted by molar-refractivity contribution is 0.251. The van der Waals surface area contributed by atoms with E-state index in [9.17, 15) is 9.18 Å². The van der Waals surface area contributed by atoms with E-state index in [1.165, 1.54) is 25.3 Å². The maximum absolute atomic E-state index is 13.6. The molecule has 1 saturated heterocycles. The van der Waals surface area contributed by atoms with Crippen LogP contribution in [-0.4, -0.2) is 19.1 Å². The highest BCUT2D eigenvalue weighted by Gasteiger charge is 2.15. The zero-order chi connectivity index (χ0) is 16.8. The molecule has 0 bridgehead atoms. The molecule has 2 aromatic rings. The standard InChI is InChI=1S/C19H22FN3O/c20-16-9-3-2-8-15(16)14-21-19(24)22-17-10-4-5-11-18(17)23-12-6-1-7-13-23/h2-5,8-11H,1,6-7,12-14H2,(H2,21,22,24). The largest absolute Gasteiger partial charge is 0.370 e. The lowest BCUT2D eigenvalue weighted by Crippen LogP contribution is -2.32. The molecule has 1 fully saturated rings. The summed E-state index contributed by atoms with van der Waals surface area (Å²) in [4.78, 5) is 14.5. The van der Waals surface area contributed by atoms with Crippen molar-refractivity contribution in [1.82, 2.24) is 5.32 Å². The Hall–Kier alpha value is -2.56. The summed E-state index contributed by atoms with van der Waals surface area (Å²) in [5.74, 6) is -0.313. The van der Waals surface area contributed by atoms with Crippen molar-refractivity contribution < 1.29 is 9.18 Å². The van der Waals surface area contributed by atoms with E-state index < -0.39 is 0 Å². The number of anilines is 2. The van der Waals surface area contributed by atoms with Crippen LogP contribution in [-0.2, 0) is 6.54 Å². The topological polar surface area (TPSA) is 44.4 Å². The fourth-order valence-electron chi connectivity index (χ4n) is 2.97. The number of carbonyl (C=O) groups is 1. The number of urea groups is 1. The minimum absolute atomic E-state index is 0.157. The summed E-state index contributed by atoms with van der Waals surface area (Å²) in [6.45, 7) is 2.18. The molecule has 1 aliphatic heterocycles. The van der Waals surface area contributed by atoms with Crippen LogP contribution < -0.4 is 15.5 Å². The van der Waals surface area contributed by atoms with Gasteiger partial charge in [0.15, 0.2) is 0 Å². The van der Waals surface area contributed by atoms with Gasteiger partial charge in [-0.3, -0.25) is 0 Å². The van der Waals surface area contributed by atoms with Crippen LogP contribution in [0.4, 0.5) is 20.6 Å².